The summed E-state index contributed by atoms with van der Waals surface area (Å²) in [7, 11) is -3.74. The Morgan fingerprint density at radius 3 is 2.67 bits per heavy atom. The van der Waals surface area contributed by atoms with Crippen LogP contribution in [0.2, 0.25) is 0 Å². The summed E-state index contributed by atoms with van der Waals surface area (Å²) >= 11 is 1.37. The lowest BCUT2D eigenvalue weighted by atomic mass is 9.97. The van der Waals surface area contributed by atoms with Crippen LogP contribution in [0.4, 0.5) is 15.8 Å². The molecule has 1 fully saturated rings. The van der Waals surface area contributed by atoms with Crippen molar-refractivity contribution in [3.8, 4) is 0 Å². The van der Waals surface area contributed by atoms with Crippen LogP contribution in [0.25, 0.3) is 0 Å². The fraction of sp³-hybridized carbons (Fsp3) is 0.300. The topological polar surface area (TPSA) is 95.6 Å². The lowest BCUT2D eigenvalue weighted by Crippen LogP contribution is -2.41. The SMILES string of the molecule is O=C1CSc2ccc(S(=O)(=O)N3CCC(C(=O)Nc4cccc(F)c4)CC3)cc2N1. The molecule has 0 spiro atoms. The van der Waals surface area contributed by atoms with Gasteiger partial charge in [-0.25, -0.2) is 12.8 Å². The van der Waals surface area contributed by atoms with E-state index in [1.807, 2.05) is 0 Å². The molecule has 0 aliphatic carbocycles. The molecular formula is C20H20FN3O4S2. The Morgan fingerprint density at radius 1 is 1.17 bits per heavy atom. The first-order chi connectivity index (χ1) is 14.3. The lowest BCUT2D eigenvalue weighted by Gasteiger charge is -2.30. The molecule has 2 aliphatic heterocycles. The van der Waals surface area contributed by atoms with Gasteiger partial charge in [0.15, 0.2) is 0 Å². The summed E-state index contributed by atoms with van der Waals surface area (Å²) in [6.07, 6.45) is 0.746. The van der Waals surface area contributed by atoms with Gasteiger partial charge in [-0.1, -0.05) is 6.07 Å². The molecule has 0 aromatic heterocycles. The number of nitrogens with one attached hydrogen (secondary N) is 2. The average molecular weight is 450 g/mol. The zero-order chi connectivity index (χ0) is 21.3. The fourth-order valence-electron chi connectivity index (χ4n) is 3.54. The molecule has 0 radical (unpaired) electrons. The van der Waals surface area contributed by atoms with E-state index in [2.05, 4.69) is 10.6 Å². The maximum Gasteiger partial charge on any atom is 0.243 e. The molecule has 0 unspecified atom stereocenters. The Kier molecular flexibility index (Phi) is 5.81. The van der Waals surface area contributed by atoms with Crippen molar-refractivity contribution in [2.45, 2.75) is 22.6 Å². The van der Waals surface area contributed by atoms with Crippen molar-refractivity contribution >= 4 is 45.0 Å². The zero-order valence-corrected chi connectivity index (χ0v) is 17.6. The number of rotatable bonds is 4. The summed E-state index contributed by atoms with van der Waals surface area (Å²) in [5.74, 6) is -0.879. The highest BCUT2D eigenvalue weighted by atomic mass is 32.2. The molecule has 0 bridgehead atoms. The summed E-state index contributed by atoms with van der Waals surface area (Å²) in [4.78, 5) is 25.0. The first kappa shape index (κ1) is 20.8. The number of carbonyl (C=O) groups is 2. The van der Waals surface area contributed by atoms with E-state index in [1.165, 1.54) is 40.3 Å². The van der Waals surface area contributed by atoms with Crippen molar-refractivity contribution in [1.29, 1.82) is 0 Å². The van der Waals surface area contributed by atoms with E-state index in [4.69, 9.17) is 0 Å². The molecular weight excluding hydrogens is 429 g/mol. The maximum absolute atomic E-state index is 13.3. The number of hydrogen-bond acceptors (Lipinski definition) is 5. The Balaban J connectivity index is 1.41. The second kappa shape index (κ2) is 8.37. The summed E-state index contributed by atoms with van der Waals surface area (Å²) in [6, 6.07) is 10.4. The van der Waals surface area contributed by atoms with Crippen LogP contribution in [-0.4, -0.2) is 43.4 Å². The van der Waals surface area contributed by atoms with Crippen LogP contribution in [-0.2, 0) is 19.6 Å². The van der Waals surface area contributed by atoms with Crippen LogP contribution in [0.1, 0.15) is 12.8 Å². The van der Waals surface area contributed by atoms with Gasteiger partial charge in [0.05, 0.1) is 16.3 Å². The Bertz CT molecular complexity index is 1100. The Hall–Kier alpha value is -2.43. The van der Waals surface area contributed by atoms with Gasteiger partial charge in [0, 0.05) is 29.6 Å². The first-order valence-electron chi connectivity index (χ1n) is 9.46. The minimum atomic E-state index is -3.74. The number of thioether (sulfide) groups is 1. The fourth-order valence-corrected chi connectivity index (χ4v) is 5.83. The van der Waals surface area contributed by atoms with Crippen molar-refractivity contribution in [3.63, 3.8) is 0 Å². The summed E-state index contributed by atoms with van der Waals surface area (Å²) in [5, 5.41) is 5.39. The average Bonchev–Trinajstić information content (AvgIpc) is 2.73. The van der Waals surface area contributed by atoms with Gasteiger partial charge < -0.3 is 10.6 Å². The zero-order valence-electron chi connectivity index (χ0n) is 15.9. The molecule has 2 aliphatic rings. The third kappa shape index (κ3) is 4.35. The number of anilines is 2. The van der Waals surface area contributed by atoms with E-state index in [1.54, 1.807) is 18.2 Å². The molecule has 2 aromatic rings. The number of fused-ring (bicyclic) bond motifs is 1. The number of amides is 2. The number of sulfonamides is 1. The predicted octanol–water partition coefficient (Wildman–Crippen LogP) is 2.91. The van der Waals surface area contributed by atoms with Crippen LogP contribution < -0.4 is 10.6 Å². The van der Waals surface area contributed by atoms with Crippen molar-refractivity contribution in [3.05, 3.63) is 48.3 Å². The molecule has 2 amide bonds. The predicted molar refractivity (Wildman–Crippen MR) is 112 cm³/mol. The molecule has 7 nitrogen and oxygen atoms in total. The number of benzene rings is 2. The van der Waals surface area contributed by atoms with E-state index in [0.29, 0.717) is 30.0 Å². The highest BCUT2D eigenvalue weighted by Gasteiger charge is 2.33. The largest absolute Gasteiger partial charge is 0.326 e. The second-order valence-corrected chi connectivity index (χ2v) is 10.1. The van der Waals surface area contributed by atoms with Gasteiger partial charge in [-0.05, 0) is 49.2 Å². The molecule has 2 N–H and O–H groups in total. The van der Waals surface area contributed by atoms with Gasteiger partial charge in [0.25, 0.3) is 0 Å². The number of piperidine rings is 1. The quantitative estimate of drug-likeness (QED) is 0.748. The summed E-state index contributed by atoms with van der Waals surface area (Å²) < 4.78 is 40.7. The van der Waals surface area contributed by atoms with Crippen molar-refractivity contribution in [1.82, 2.24) is 4.31 Å². The van der Waals surface area contributed by atoms with Crippen molar-refractivity contribution < 1.29 is 22.4 Å². The van der Waals surface area contributed by atoms with Crippen LogP contribution in [0.5, 0.6) is 0 Å². The van der Waals surface area contributed by atoms with Gasteiger partial charge in [0.1, 0.15) is 5.82 Å². The third-order valence-corrected chi connectivity index (χ3v) is 8.11. The maximum atomic E-state index is 13.3. The van der Waals surface area contributed by atoms with Crippen LogP contribution in [0.3, 0.4) is 0 Å². The van der Waals surface area contributed by atoms with E-state index in [9.17, 15) is 22.4 Å². The minimum Gasteiger partial charge on any atom is -0.326 e. The monoisotopic (exact) mass is 449 g/mol. The molecule has 0 atom stereocenters. The van der Waals surface area contributed by atoms with Gasteiger partial charge in [-0.15, -0.1) is 11.8 Å². The highest BCUT2D eigenvalue weighted by Crippen LogP contribution is 2.34. The molecule has 0 saturated carbocycles. The summed E-state index contributed by atoms with van der Waals surface area (Å²) in [5.41, 5.74) is 0.880. The standard InChI is InChI=1S/C20H20FN3O4S2/c21-14-2-1-3-15(10-14)22-20(26)13-6-8-24(9-7-13)30(27,28)16-4-5-18-17(11-16)23-19(25)12-29-18/h1-5,10-11,13H,6-9,12H2,(H,22,26)(H,23,25). The number of carbonyl (C=O) groups excluding carboxylic acids is 2. The molecule has 30 heavy (non-hydrogen) atoms. The van der Waals surface area contributed by atoms with Crippen molar-refractivity contribution in [2.75, 3.05) is 29.5 Å². The minimum absolute atomic E-state index is 0.117. The van der Waals surface area contributed by atoms with E-state index >= 15 is 0 Å². The number of hydrogen-bond donors (Lipinski definition) is 2. The number of halogens is 1. The first-order valence-corrected chi connectivity index (χ1v) is 11.9. The number of nitrogens with zero attached hydrogens (tertiary/aromatic N) is 1. The van der Waals surface area contributed by atoms with Gasteiger partial charge in [-0.3, -0.25) is 9.59 Å². The lowest BCUT2D eigenvalue weighted by molar-refractivity contribution is -0.121. The van der Waals surface area contributed by atoms with Crippen molar-refractivity contribution in [2.24, 2.45) is 5.92 Å². The Labute approximate surface area is 178 Å². The molecule has 2 heterocycles. The van der Waals surface area contributed by atoms with E-state index < -0.39 is 15.8 Å². The van der Waals surface area contributed by atoms with Crippen LogP contribution in [0.15, 0.2) is 52.3 Å². The second-order valence-electron chi connectivity index (χ2n) is 7.17. The molecule has 1 saturated heterocycles. The smallest absolute Gasteiger partial charge is 0.243 e. The molecule has 4 rings (SSSR count). The van der Waals surface area contributed by atoms with Gasteiger partial charge in [0.2, 0.25) is 21.8 Å². The molecule has 158 valence electrons. The van der Waals surface area contributed by atoms with Gasteiger partial charge >= 0.3 is 0 Å². The molecule has 10 heteroatoms. The van der Waals surface area contributed by atoms with Crippen LogP contribution >= 0.6 is 11.8 Å². The summed E-state index contributed by atoms with van der Waals surface area (Å²) in [6.45, 7) is 0.420. The Morgan fingerprint density at radius 2 is 1.93 bits per heavy atom. The molecule has 2 aromatic carbocycles. The normalized spacial score (nSPS) is 17.8. The van der Waals surface area contributed by atoms with E-state index in [-0.39, 0.29) is 35.7 Å². The third-order valence-electron chi connectivity index (χ3n) is 5.14. The highest BCUT2D eigenvalue weighted by molar-refractivity contribution is 8.00. The van der Waals surface area contributed by atoms with E-state index in [0.717, 1.165) is 4.90 Å². The van der Waals surface area contributed by atoms with Crippen LogP contribution in [0, 0.1) is 11.7 Å². The van der Waals surface area contributed by atoms with Gasteiger partial charge in [-0.2, -0.15) is 4.31 Å².